The second kappa shape index (κ2) is 6.54. The Balaban J connectivity index is 2.31. The van der Waals surface area contributed by atoms with Crippen molar-refractivity contribution < 1.29 is 4.74 Å². The van der Waals surface area contributed by atoms with Gasteiger partial charge in [-0.15, -0.1) is 0 Å². The third-order valence-electron chi connectivity index (χ3n) is 3.30. The van der Waals surface area contributed by atoms with Crippen molar-refractivity contribution in [2.45, 2.75) is 6.92 Å². The minimum Gasteiger partial charge on any atom is -0.477 e. The maximum Gasteiger partial charge on any atom is 0.226 e. The fraction of sp³-hybridized carbons (Fsp3) is 0.111. The lowest BCUT2D eigenvalue weighted by Gasteiger charge is -2.14. The van der Waals surface area contributed by atoms with Crippen LogP contribution in [-0.2, 0) is 0 Å². The average molecular weight is 308 g/mol. The summed E-state index contributed by atoms with van der Waals surface area (Å²) in [6, 6.07) is 20.2. The normalized spacial score (nSPS) is 10.4. The van der Waals surface area contributed by atoms with Gasteiger partial charge < -0.3 is 9.72 Å². The molecule has 3 nitrogen and oxygen atoms in total. The van der Waals surface area contributed by atoms with Gasteiger partial charge in [-0.3, -0.25) is 0 Å². The van der Waals surface area contributed by atoms with E-state index in [9.17, 15) is 0 Å². The minimum atomic E-state index is 0.419. The van der Waals surface area contributed by atoms with Gasteiger partial charge in [0.2, 0.25) is 10.7 Å². The van der Waals surface area contributed by atoms with Crippen molar-refractivity contribution in [1.82, 2.24) is 9.97 Å². The number of aromatic nitrogens is 2. The predicted octanol–water partition coefficient (Wildman–Crippen LogP) is 4.87. The lowest BCUT2D eigenvalue weighted by molar-refractivity contribution is 0.327. The second-order valence-corrected chi connectivity index (χ2v) is 5.15. The minimum absolute atomic E-state index is 0.419. The molecular weight excluding hydrogens is 292 g/mol. The molecule has 0 aliphatic heterocycles. The van der Waals surface area contributed by atoms with Crippen LogP contribution in [0.4, 0.5) is 0 Å². The first kappa shape index (κ1) is 14.5. The molecule has 2 aromatic carbocycles. The highest BCUT2D eigenvalue weighted by Gasteiger charge is 2.15. The molecule has 4 heteroatoms. The number of hydrogen-bond donors (Lipinski definition) is 1. The van der Waals surface area contributed by atoms with Gasteiger partial charge in [0.15, 0.2) is 0 Å². The van der Waals surface area contributed by atoms with Crippen LogP contribution < -0.4 is 4.74 Å². The van der Waals surface area contributed by atoms with Crippen molar-refractivity contribution >= 4 is 12.2 Å². The average Bonchev–Trinajstić information content (AvgIpc) is 2.56. The van der Waals surface area contributed by atoms with Gasteiger partial charge >= 0.3 is 0 Å². The number of nitrogens with one attached hydrogen (secondary N) is 1. The Kier molecular flexibility index (Phi) is 4.30. The van der Waals surface area contributed by atoms with Gasteiger partial charge in [-0.2, -0.15) is 4.98 Å². The second-order valence-electron chi connectivity index (χ2n) is 4.76. The zero-order chi connectivity index (χ0) is 15.4. The molecule has 0 atom stereocenters. The molecule has 0 aliphatic carbocycles. The van der Waals surface area contributed by atoms with Crippen LogP contribution in [0.3, 0.4) is 0 Å². The quantitative estimate of drug-likeness (QED) is 0.699. The first-order valence-electron chi connectivity index (χ1n) is 7.17. The Morgan fingerprint density at radius 3 is 2.14 bits per heavy atom. The number of nitrogens with zero attached hydrogens (tertiary/aromatic N) is 1. The van der Waals surface area contributed by atoms with E-state index in [2.05, 4.69) is 9.97 Å². The fourth-order valence-electron chi connectivity index (χ4n) is 2.39. The van der Waals surface area contributed by atoms with Crippen molar-refractivity contribution in [3.05, 3.63) is 65.4 Å². The van der Waals surface area contributed by atoms with Crippen LogP contribution in [0, 0.1) is 4.77 Å². The van der Waals surface area contributed by atoms with E-state index in [0.717, 1.165) is 22.4 Å². The van der Waals surface area contributed by atoms with Gasteiger partial charge in [-0.1, -0.05) is 60.7 Å². The van der Waals surface area contributed by atoms with E-state index in [0.29, 0.717) is 17.3 Å². The van der Waals surface area contributed by atoms with E-state index in [1.54, 1.807) is 0 Å². The summed E-state index contributed by atoms with van der Waals surface area (Å²) >= 11 is 5.26. The molecule has 110 valence electrons. The van der Waals surface area contributed by atoms with Gasteiger partial charge in [0, 0.05) is 0 Å². The maximum atomic E-state index is 5.74. The van der Waals surface area contributed by atoms with Crippen LogP contribution in [0.5, 0.6) is 5.88 Å². The molecule has 0 spiro atoms. The first-order valence-corrected chi connectivity index (χ1v) is 7.58. The van der Waals surface area contributed by atoms with Crippen LogP contribution in [0.2, 0.25) is 0 Å². The van der Waals surface area contributed by atoms with Crippen molar-refractivity contribution in [3.8, 4) is 28.3 Å². The molecule has 0 radical (unpaired) electrons. The Morgan fingerprint density at radius 1 is 0.955 bits per heavy atom. The summed E-state index contributed by atoms with van der Waals surface area (Å²) in [6.07, 6.45) is 0. The van der Waals surface area contributed by atoms with E-state index in [1.165, 1.54) is 0 Å². The van der Waals surface area contributed by atoms with Crippen molar-refractivity contribution in [3.63, 3.8) is 0 Å². The molecule has 0 saturated carbocycles. The molecule has 22 heavy (non-hydrogen) atoms. The van der Waals surface area contributed by atoms with E-state index in [4.69, 9.17) is 17.0 Å². The Bertz CT molecular complexity index is 813. The molecule has 0 saturated heterocycles. The molecule has 1 aromatic heterocycles. The van der Waals surface area contributed by atoms with Gasteiger partial charge in [-0.25, -0.2) is 0 Å². The SMILES string of the molecule is CCOc1nc(=S)[nH]c(-c2ccccc2)c1-c1ccccc1. The molecule has 0 fully saturated rings. The smallest absolute Gasteiger partial charge is 0.226 e. The van der Waals surface area contributed by atoms with E-state index in [1.807, 2.05) is 67.6 Å². The highest BCUT2D eigenvalue weighted by atomic mass is 32.1. The number of hydrogen-bond acceptors (Lipinski definition) is 3. The van der Waals surface area contributed by atoms with Gasteiger partial charge in [0.05, 0.1) is 17.9 Å². The Morgan fingerprint density at radius 2 is 1.55 bits per heavy atom. The summed E-state index contributed by atoms with van der Waals surface area (Å²) in [5.74, 6) is 0.566. The van der Waals surface area contributed by atoms with Crippen molar-refractivity contribution in [1.29, 1.82) is 0 Å². The van der Waals surface area contributed by atoms with Gasteiger partial charge in [0.1, 0.15) is 0 Å². The number of ether oxygens (including phenoxy) is 1. The summed E-state index contributed by atoms with van der Waals surface area (Å²) in [4.78, 5) is 7.58. The Labute approximate surface area is 134 Å². The molecule has 1 heterocycles. The molecule has 0 unspecified atom stereocenters. The standard InChI is InChI=1S/C18H16N2OS/c1-2-21-17-15(13-9-5-3-6-10-13)16(19-18(22)20-17)14-11-7-4-8-12-14/h3-12H,2H2,1H3,(H,19,20,22). The monoisotopic (exact) mass is 308 g/mol. The molecular formula is C18H16N2OS. The van der Waals surface area contributed by atoms with Gasteiger partial charge in [-0.05, 0) is 30.3 Å². The number of benzene rings is 2. The lowest BCUT2D eigenvalue weighted by atomic mass is 10.0. The third-order valence-corrected chi connectivity index (χ3v) is 3.50. The van der Waals surface area contributed by atoms with E-state index in [-0.39, 0.29) is 0 Å². The van der Waals surface area contributed by atoms with Crippen LogP contribution in [0.15, 0.2) is 60.7 Å². The summed E-state index contributed by atoms with van der Waals surface area (Å²) in [7, 11) is 0. The maximum absolute atomic E-state index is 5.74. The summed E-state index contributed by atoms with van der Waals surface area (Å²) in [6.45, 7) is 2.48. The lowest BCUT2D eigenvalue weighted by Crippen LogP contribution is -2.01. The summed E-state index contributed by atoms with van der Waals surface area (Å²) in [5, 5.41) is 0. The van der Waals surface area contributed by atoms with Crippen LogP contribution >= 0.6 is 12.2 Å². The first-order chi connectivity index (χ1) is 10.8. The largest absolute Gasteiger partial charge is 0.477 e. The molecule has 0 bridgehead atoms. The van der Waals surface area contributed by atoms with Crippen LogP contribution in [0.25, 0.3) is 22.4 Å². The van der Waals surface area contributed by atoms with E-state index >= 15 is 0 Å². The fourth-order valence-corrected chi connectivity index (χ4v) is 2.57. The number of rotatable bonds is 4. The zero-order valence-corrected chi connectivity index (χ0v) is 13.1. The van der Waals surface area contributed by atoms with E-state index < -0.39 is 0 Å². The zero-order valence-electron chi connectivity index (χ0n) is 12.2. The Hall–Kier alpha value is -2.46. The van der Waals surface area contributed by atoms with Crippen molar-refractivity contribution in [2.75, 3.05) is 6.61 Å². The predicted molar refractivity (Wildman–Crippen MR) is 91.5 cm³/mol. The molecule has 0 amide bonds. The number of aromatic amines is 1. The molecule has 3 rings (SSSR count). The molecule has 3 aromatic rings. The highest BCUT2D eigenvalue weighted by molar-refractivity contribution is 7.71. The van der Waals surface area contributed by atoms with Crippen LogP contribution in [-0.4, -0.2) is 16.6 Å². The van der Waals surface area contributed by atoms with Crippen molar-refractivity contribution in [2.24, 2.45) is 0 Å². The third kappa shape index (κ3) is 2.92. The summed E-state index contributed by atoms with van der Waals surface area (Å²) in [5.41, 5.74) is 3.96. The highest BCUT2D eigenvalue weighted by Crippen LogP contribution is 2.36. The molecule has 1 N–H and O–H groups in total. The summed E-state index contributed by atoms with van der Waals surface area (Å²) < 4.78 is 6.16. The van der Waals surface area contributed by atoms with Crippen LogP contribution in [0.1, 0.15) is 6.92 Å². The number of H-pyrrole nitrogens is 1. The molecule has 0 aliphatic rings. The topological polar surface area (TPSA) is 37.9 Å². The van der Waals surface area contributed by atoms with Gasteiger partial charge in [0.25, 0.3) is 0 Å².